The largest absolute Gasteiger partial charge is 0.478 e. The van der Waals surface area contributed by atoms with Crippen molar-refractivity contribution < 1.29 is 14.7 Å². The van der Waals surface area contributed by atoms with Crippen molar-refractivity contribution in [1.29, 1.82) is 0 Å². The van der Waals surface area contributed by atoms with Crippen LogP contribution in [0.5, 0.6) is 0 Å². The molecule has 0 atom stereocenters. The number of amides is 2. The lowest BCUT2D eigenvalue weighted by atomic mass is 10.2. The SMILES string of the molecule is CCCCN(C)C(=O)Nc1ccc(Br)c(C(=O)O)c1. The molecule has 0 radical (unpaired) electrons. The third-order valence-electron chi connectivity index (χ3n) is 2.64. The predicted octanol–water partition coefficient (Wildman–Crippen LogP) is 3.41. The van der Waals surface area contributed by atoms with Crippen LogP contribution in [0, 0.1) is 0 Å². The van der Waals surface area contributed by atoms with Crippen LogP contribution in [0.2, 0.25) is 0 Å². The molecule has 0 aliphatic carbocycles. The summed E-state index contributed by atoms with van der Waals surface area (Å²) in [7, 11) is 1.71. The standard InChI is InChI=1S/C13H17BrN2O3/c1-3-4-7-16(2)13(19)15-9-5-6-11(14)10(8-9)12(17)18/h5-6,8H,3-4,7H2,1-2H3,(H,15,19)(H,17,18). The number of carbonyl (C=O) groups excluding carboxylic acids is 1. The van der Waals surface area contributed by atoms with Gasteiger partial charge in [0.05, 0.1) is 5.56 Å². The van der Waals surface area contributed by atoms with Crippen LogP contribution in [0.4, 0.5) is 10.5 Å². The van der Waals surface area contributed by atoms with Crippen molar-refractivity contribution in [3.05, 3.63) is 28.2 Å². The van der Waals surface area contributed by atoms with Crippen molar-refractivity contribution in [2.24, 2.45) is 0 Å². The predicted molar refractivity (Wildman–Crippen MR) is 77.7 cm³/mol. The fourth-order valence-electron chi connectivity index (χ4n) is 1.48. The highest BCUT2D eigenvalue weighted by atomic mass is 79.9. The molecule has 2 N–H and O–H groups in total. The molecule has 2 amide bonds. The van der Waals surface area contributed by atoms with Gasteiger partial charge in [-0.2, -0.15) is 0 Å². The van der Waals surface area contributed by atoms with Crippen LogP contribution >= 0.6 is 15.9 Å². The molecule has 5 nitrogen and oxygen atoms in total. The summed E-state index contributed by atoms with van der Waals surface area (Å²) in [6.45, 7) is 2.73. The molecule has 0 aliphatic heterocycles. The highest BCUT2D eigenvalue weighted by Gasteiger charge is 2.12. The van der Waals surface area contributed by atoms with Gasteiger partial charge < -0.3 is 15.3 Å². The molecule has 19 heavy (non-hydrogen) atoms. The lowest BCUT2D eigenvalue weighted by Gasteiger charge is -2.17. The number of carboxylic acid groups (broad SMARTS) is 1. The highest BCUT2D eigenvalue weighted by Crippen LogP contribution is 2.21. The first-order valence-corrected chi connectivity index (χ1v) is 6.80. The van der Waals surface area contributed by atoms with Gasteiger partial charge in [-0.05, 0) is 40.5 Å². The van der Waals surface area contributed by atoms with E-state index in [1.807, 2.05) is 0 Å². The number of nitrogens with one attached hydrogen (secondary N) is 1. The zero-order chi connectivity index (χ0) is 14.4. The van der Waals surface area contributed by atoms with E-state index in [-0.39, 0.29) is 11.6 Å². The summed E-state index contributed by atoms with van der Waals surface area (Å²) in [4.78, 5) is 24.4. The lowest BCUT2D eigenvalue weighted by molar-refractivity contribution is 0.0696. The zero-order valence-electron chi connectivity index (χ0n) is 10.9. The van der Waals surface area contributed by atoms with Crippen LogP contribution < -0.4 is 5.32 Å². The van der Waals surface area contributed by atoms with Crippen molar-refractivity contribution >= 4 is 33.6 Å². The molecule has 0 saturated heterocycles. The Labute approximate surface area is 120 Å². The molecule has 1 rings (SSSR count). The number of anilines is 1. The molecule has 0 aliphatic rings. The molecule has 0 spiro atoms. The maximum Gasteiger partial charge on any atom is 0.336 e. The fraction of sp³-hybridized carbons (Fsp3) is 0.385. The molecule has 0 heterocycles. The number of benzene rings is 1. The van der Waals surface area contributed by atoms with E-state index in [2.05, 4.69) is 28.2 Å². The second-order valence-corrected chi connectivity index (χ2v) is 5.06. The Morgan fingerprint density at radius 3 is 2.68 bits per heavy atom. The summed E-state index contributed by atoms with van der Waals surface area (Å²) < 4.78 is 0.484. The van der Waals surface area contributed by atoms with E-state index in [0.29, 0.717) is 16.7 Å². The van der Waals surface area contributed by atoms with Gasteiger partial charge in [-0.25, -0.2) is 9.59 Å². The Morgan fingerprint density at radius 1 is 1.42 bits per heavy atom. The maximum absolute atomic E-state index is 11.8. The number of carboxylic acids is 1. The third kappa shape index (κ3) is 4.55. The quantitative estimate of drug-likeness (QED) is 0.870. The van der Waals surface area contributed by atoms with Crippen molar-refractivity contribution in [2.75, 3.05) is 18.9 Å². The van der Waals surface area contributed by atoms with Gasteiger partial charge >= 0.3 is 12.0 Å². The summed E-state index contributed by atoms with van der Waals surface area (Å²) in [6, 6.07) is 4.44. The Bertz CT molecular complexity index is 477. The molecule has 1 aromatic carbocycles. The van der Waals surface area contributed by atoms with E-state index < -0.39 is 5.97 Å². The Morgan fingerprint density at radius 2 is 2.11 bits per heavy atom. The van der Waals surface area contributed by atoms with E-state index in [4.69, 9.17) is 5.11 Å². The number of carbonyl (C=O) groups is 2. The van der Waals surface area contributed by atoms with Gasteiger partial charge in [0.2, 0.25) is 0 Å². The maximum atomic E-state index is 11.8. The average molecular weight is 329 g/mol. The van der Waals surface area contributed by atoms with E-state index >= 15 is 0 Å². The molecule has 0 saturated carbocycles. The number of halogens is 1. The molecule has 104 valence electrons. The second-order valence-electron chi connectivity index (χ2n) is 4.21. The first kappa shape index (κ1) is 15.5. The molecule has 0 unspecified atom stereocenters. The van der Waals surface area contributed by atoms with Crippen LogP contribution in [0.3, 0.4) is 0 Å². The smallest absolute Gasteiger partial charge is 0.336 e. The second kappa shape index (κ2) is 7.13. The van der Waals surface area contributed by atoms with Crippen LogP contribution in [-0.4, -0.2) is 35.6 Å². The molecule has 0 fully saturated rings. The van der Waals surface area contributed by atoms with Crippen molar-refractivity contribution in [3.63, 3.8) is 0 Å². The van der Waals surface area contributed by atoms with E-state index in [1.54, 1.807) is 24.1 Å². The number of unbranched alkanes of at least 4 members (excludes halogenated alkanes) is 1. The van der Waals surface area contributed by atoms with E-state index in [1.165, 1.54) is 6.07 Å². The molecule has 0 bridgehead atoms. The van der Waals surface area contributed by atoms with Gasteiger partial charge in [-0.15, -0.1) is 0 Å². The number of hydrogen-bond acceptors (Lipinski definition) is 2. The van der Waals surface area contributed by atoms with Gasteiger partial charge in [-0.1, -0.05) is 13.3 Å². The minimum Gasteiger partial charge on any atom is -0.478 e. The molecular weight excluding hydrogens is 312 g/mol. The molecule has 0 aromatic heterocycles. The molecule has 1 aromatic rings. The van der Waals surface area contributed by atoms with Gasteiger partial charge in [-0.3, -0.25) is 0 Å². The number of rotatable bonds is 5. The van der Waals surface area contributed by atoms with Crippen molar-refractivity contribution in [2.45, 2.75) is 19.8 Å². The molecule has 6 heteroatoms. The minimum absolute atomic E-state index is 0.119. The van der Waals surface area contributed by atoms with E-state index in [9.17, 15) is 9.59 Å². The van der Waals surface area contributed by atoms with Crippen LogP contribution in [0.1, 0.15) is 30.1 Å². The highest BCUT2D eigenvalue weighted by molar-refractivity contribution is 9.10. The third-order valence-corrected chi connectivity index (χ3v) is 3.33. The monoisotopic (exact) mass is 328 g/mol. The Hall–Kier alpha value is -1.56. The fourth-order valence-corrected chi connectivity index (χ4v) is 1.90. The van der Waals surface area contributed by atoms with Gasteiger partial charge in [0.1, 0.15) is 0 Å². The number of nitrogens with zero attached hydrogens (tertiary/aromatic N) is 1. The summed E-state index contributed by atoms with van der Waals surface area (Å²) in [5.74, 6) is -1.04. The Kier molecular flexibility index (Phi) is 5.82. The van der Waals surface area contributed by atoms with E-state index in [0.717, 1.165) is 12.8 Å². The summed E-state index contributed by atoms with van der Waals surface area (Å²) in [5, 5.41) is 11.7. The average Bonchev–Trinajstić information content (AvgIpc) is 2.37. The van der Waals surface area contributed by atoms with Gasteiger partial charge in [0, 0.05) is 23.8 Å². The number of aromatic carboxylic acids is 1. The van der Waals surface area contributed by atoms with Crippen molar-refractivity contribution in [1.82, 2.24) is 4.90 Å². The summed E-state index contributed by atoms with van der Waals surface area (Å²) >= 11 is 3.16. The summed E-state index contributed by atoms with van der Waals surface area (Å²) in [5.41, 5.74) is 0.586. The zero-order valence-corrected chi connectivity index (χ0v) is 12.5. The summed E-state index contributed by atoms with van der Waals surface area (Å²) in [6.07, 6.45) is 1.95. The Balaban J connectivity index is 2.74. The topological polar surface area (TPSA) is 69.6 Å². The first-order valence-electron chi connectivity index (χ1n) is 6.00. The van der Waals surface area contributed by atoms with Crippen LogP contribution in [0.15, 0.2) is 22.7 Å². The van der Waals surface area contributed by atoms with Crippen LogP contribution in [-0.2, 0) is 0 Å². The van der Waals surface area contributed by atoms with Gasteiger partial charge in [0.15, 0.2) is 0 Å². The molecular formula is C13H17BrN2O3. The lowest BCUT2D eigenvalue weighted by Crippen LogP contribution is -2.32. The number of urea groups is 1. The minimum atomic E-state index is -1.04. The normalized spacial score (nSPS) is 10.1. The van der Waals surface area contributed by atoms with Gasteiger partial charge in [0.25, 0.3) is 0 Å². The van der Waals surface area contributed by atoms with Crippen LogP contribution in [0.25, 0.3) is 0 Å². The number of hydrogen-bond donors (Lipinski definition) is 2. The van der Waals surface area contributed by atoms with Crippen molar-refractivity contribution in [3.8, 4) is 0 Å². The first-order chi connectivity index (χ1) is 8.95.